The van der Waals surface area contributed by atoms with Crippen molar-refractivity contribution in [3.63, 3.8) is 0 Å². The van der Waals surface area contributed by atoms with Crippen LogP contribution in [0.5, 0.6) is 0 Å². The maximum Gasteiger partial charge on any atom is 0.338 e. The predicted octanol–water partition coefficient (Wildman–Crippen LogP) is 6.41. The van der Waals surface area contributed by atoms with Gasteiger partial charge in [-0.05, 0) is 67.3 Å². The van der Waals surface area contributed by atoms with E-state index in [1.165, 1.54) is 0 Å². The molecule has 3 rings (SSSR count). The van der Waals surface area contributed by atoms with Crippen LogP contribution >= 0.6 is 31.9 Å². The Kier molecular flexibility index (Phi) is 9.71. The molecule has 0 amide bonds. The molecule has 1 heterocycles. The smallest absolute Gasteiger partial charge is 0.338 e. The van der Waals surface area contributed by atoms with Gasteiger partial charge in [0.25, 0.3) is 0 Å². The van der Waals surface area contributed by atoms with E-state index in [4.69, 9.17) is 18.9 Å². The van der Waals surface area contributed by atoms with Crippen molar-refractivity contribution in [2.75, 3.05) is 19.8 Å². The van der Waals surface area contributed by atoms with Gasteiger partial charge >= 0.3 is 11.9 Å². The maximum absolute atomic E-state index is 12.9. The minimum atomic E-state index is -0.636. The molecule has 1 aliphatic rings. The highest BCUT2D eigenvalue weighted by atomic mass is 79.9. The Balaban J connectivity index is 1.71. The molecule has 0 N–H and O–H groups in total. The molecule has 0 spiro atoms. The van der Waals surface area contributed by atoms with Gasteiger partial charge in [0.1, 0.15) is 12.7 Å². The lowest BCUT2D eigenvalue weighted by Gasteiger charge is -2.35. The Bertz CT molecular complexity index is 954. The number of hydrogen-bond donors (Lipinski definition) is 0. The second kappa shape index (κ2) is 12.3. The summed E-state index contributed by atoms with van der Waals surface area (Å²) in [4.78, 5) is 25.4. The van der Waals surface area contributed by atoms with Gasteiger partial charge in [0.2, 0.25) is 0 Å². The summed E-state index contributed by atoms with van der Waals surface area (Å²) in [5, 5.41) is 0. The van der Waals surface area contributed by atoms with E-state index >= 15 is 0 Å². The summed E-state index contributed by atoms with van der Waals surface area (Å²) in [7, 11) is 0. The van der Waals surface area contributed by atoms with Crippen LogP contribution in [0.15, 0.2) is 57.5 Å². The van der Waals surface area contributed by atoms with Gasteiger partial charge in [-0.3, -0.25) is 0 Å². The number of ether oxygens (including phenoxy) is 4. The van der Waals surface area contributed by atoms with Crippen LogP contribution in [0, 0.1) is 11.8 Å². The molecule has 184 valence electrons. The molecular weight excluding hydrogens is 568 g/mol. The molecule has 1 saturated heterocycles. The molecule has 3 atom stereocenters. The van der Waals surface area contributed by atoms with Gasteiger partial charge in [-0.2, -0.15) is 0 Å². The molecule has 2 aromatic carbocycles. The van der Waals surface area contributed by atoms with E-state index in [0.717, 1.165) is 15.4 Å². The van der Waals surface area contributed by atoms with E-state index in [9.17, 15) is 9.59 Å². The van der Waals surface area contributed by atoms with E-state index in [1.54, 1.807) is 48.5 Å². The van der Waals surface area contributed by atoms with Gasteiger partial charge in [0, 0.05) is 14.9 Å². The van der Waals surface area contributed by atoms with Crippen molar-refractivity contribution in [3.05, 3.63) is 68.6 Å². The number of carbonyl (C=O) groups excluding carboxylic acids is 2. The Morgan fingerprint density at radius 3 is 1.91 bits per heavy atom. The van der Waals surface area contributed by atoms with Gasteiger partial charge in [0.05, 0.1) is 24.3 Å². The van der Waals surface area contributed by atoms with Crippen LogP contribution in [0.1, 0.15) is 54.3 Å². The van der Waals surface area contributed by atoms with Crippen molar-refractivity contribution in [1.29, 1.82) is 0 Å². The molecule has 34 heavy (non-hydrogen) atoms. The lowest BCUT2D eigenvalue weighted by atomic mass is 9.86. The van der Waals surface area contributed by atoms with Crippen LogP contribution in [0.2, 0.25) is 0 Å². The molecule has 0 radical (unpaired) electrons. The zero-order valence-electron chi connectivity index (χ0n) is 19.6. The Morgan fingerprint density at radius 1 is 0.912 bits per heavy atom. The maximum atomic E-state index is 12.9. The van der Waals surface area contributed by atoms with E-state index in [2.05, 4.69) is 38.8 Å². The topological polar surface area (TPSA) is 71.1 Å². The van der Waals surface area contributed by atoms with E-state index in [1.807, 2.05) is 13.8 Å². The normalized spacial score (nSPS) is 17.6. The molecule has 0 bridgehead atoms. The lowest BCUT2D eigenvalue weighted by molar-refractivity contribution is -0.198. The summed E-state index contributed by atoms with van der Waals surface area (Å²) in [6.45, 7) is 7.19. The SMILES string of the molecule is CCC1([C@@H](C)C[C@H](C)[C@H](COC(=O)c2ccc(Br)cc2)OC(=O)c2ccc(Br)cc2)OCCO1. The fourth-order valence-corrected chi connectivity index (χ4v) is 4.66. The average Bonchev–Trinajstić information content (AvgIpc) is 3.33. The zero-order valence-corrected chi connectivity index (χ0v) is 22.8. The highest BCUT2D eigenvalue weighted by Gasteiger charge is 2.42. The minimum absolute atomic E-state index is 0.0497. The third-order valence-corrected chi connectivity index (χ3v) is 7.23. The predicted molar refractivity (Wildman–Crippen MR) is 136 cm³/mol. The quantitative estimate of drug-likeness (QED) is 0.295. The lowest BCUT2D eigenvalue weighted by Crippen LogP contribution is -2.40. The first-order chi connectivity index (χ1) is 16.2. The molecule has 0 aromatic heterocycles. The van der Waals surface area contributed by atoms with Gasteiger partial charge in [0.15, 0.2) is 5.79 Å². The summed E-state index contributed by atoms with van der Waals surface area (Å²) in [5.41, 5.74) is 0.861. The fraction of sp³-hybridized carbons (Fsp3) is 0.462. The molecule has 1 fully saturated rings. The number of benzene rings is 2. The van der Waals surface area contributed by atoms with Crippen LogP contribution in [0.25, 0.3) is 0 Å². The molecule has 2 aromatic rings. The first kappa shape index (κ1) is 26.9. The van der Waals surface area contributed by atoms with Gasteiger partial charge in [-0.15, -0.1) is 0 Å². The molecule has 0 saturated carbocycles. The summed E-state index contributed by atoms with van der Waals surface area (Å²) in [6.07, 6.45) is 0.762. The zero-order chi connectivity index (χ0) is 24.7. The largest absolute Gasteiger partial charge is 0.458 e. The van der Waals surface area contributed by atoms with Crippen LogP contribution in [-0.2, 0) is 18.9 Å². The molecule has 1 aliphatic heterocycles. The number of hydrogen-bond acceptors (Lipinski definition) is 6. The fourth-order valence-electron chi connectivity index (χ4n) is 4.13. The van der Waals surface area contributed by atoms with Crippen molar-refractivity contribution in [1.82, 2.24) is 0 Å². The van der Waals surface area contributed by atoms with Crippen molar-refractivity contribution in [2.24, 2.45) is 11.8 Å². The summed E-state index contributed by atoms with van der Waals surface area (Å²) >= 11 is 6.73. The minimum Gasteiger partial charge on any atom is -0.458 e. The highest BCUT2D eigenvalue weighted by molar-refractivity contribution is 9.10. The van der Waals surface area contributed by atoms with Crippen molar-refractivity contribution in [3.8, 4) is 0 Å². The summed E-state index contributed by atoms with van der Waals surface area (Å²) in [5.74, 6) is -1.61. The Hall–Kier alpha value is -1.74. The third kappa shape index (κ3) is 6.90. The molecule has 8 heteroatoms. The van der Waals surface area contributed by atoms with Crippen LogP contribution in [0.4, 0.5) is 0 Å². The van der Waals surface area contributed by atoms with Gasteiger partial charge in [-0.25, -0.2) is 9.59 Å². The van der Waals surface area contributed by atoms with Crippen molar-refractivity contribution in [2.45, 2.75) is 45.5 Å². The molecule has 6 nitrogen and oxygen atoms in total. The summed E-state index contributed by atoms with van der Waals surface area (Å²) < 4.78 is 25.0. The standard InChI is InChI=1S/C26H30Br2O6/c1-4-26(32-13-14-33-26)18(3)15-17(2)23(34-25(30)20-7-11-22(28)12-8-20)16-31-24(29)19-5-9-21(27)10-6-19/h5-12,17-18,23H,4,13-16H2,1-3H3/t17-,18-,23-/m0/s1. The van der Waals surface area contributed by atoms with Crippen LogP contribution < -0.4 is 0 Å². The Morgan fingerprint density at radius 2 is 1.41 bits per heavy atom. The van der Waals surface area contributed by atoms with Crippen LogP contribution in [0.3, 0.4) is 0 Å². The Labute approximate surface area is 217 Å². The molecule has 0 aliphatic carbocycles. The van der Waals surface area contributed by atoms with E-state index < -0.39 is 23.8 Å². The van der Waals surface area contributed by atoms with Crippen LogP contribution in [-0.4, -0.2) is 43.7 Å². The van der Waals surface area contributed by atoms with E-state index in [0.29, 0.717) is 30.8 Å². The third-order valence-electron chi connectivity index (χ3n) is 6.18. The monoisotopic (exact) mass is 596 g/mol. The second-order valence-corrected chi connectivity index (χ2v) is 10.4. The van der Waals surface area contributed by atoms with Crippen molar-refractivity contribution >= 4 is 43.8 Å². The number of halogens is 2. The first-order valence-electron chi connectivity index (χ1n) is 11.4. The number of rotatable bonds is 10. The van der Waals surface area contributed by atoms with E-state index in [-0.39, 0.29) is 18.4 Å². The highest BCUT2D eigenvalue weighted by Crippen LogP contribution is 2.36. The number of esters is 2. The first-order valence-corrected chi connectivity index (χ1v) is 13.0. The average molecular weight is 598 g/mol. The second-order valence-electron chi connectivity index (χ2n) is 8.53. The van der Waals surface area contributed by atoms with Crippen molar-refractivity contribution < 1.29 is 28.5 Å². The number of carbonyl (C=O) groups is 2. The van der Waals surface area contributed by atoms with Gasteiger partial charge < -0.3 is 18.9 Å². The summed E-state index contributed by atoms with van der Waals surface area (Å²) in [6, 6.07) is 13.9. The molecule has 0 unspecified atom stereocenters. The molecular formula is C26H30Br2O6. The van der Waals surface area contributed by atoms with Gasteiger partial charge in [-0.1, -0.05) is 52.6 Å².